The fourth-order valence-electron chi connectivity index (χ4n) is 6.33. The maximum atomic E-state index is 12.8. The first-order chi connectivity index (χ1) is 31.4. The minimum absolute atomic E-state index is 0.0286. The highest BCUT2D eigenvalue weighted by atomic mass is 31.2. The van der Waals surface area contributed by atoms with Crippen LogP contribution in [-0.4, -0.2) is 98.3 Å². The van der Waals surface area contributed by atoms with Gasteiger partial charge in [-0.1, -0.05) is 155 Å². The Kier molecular flexibility index (Phi) is 36.3. The molecule has 1 rings (SSSR count). The molecule has 1 fully saturated rings. The minimum Gasteiger partial charge on any atom is -0.462 e. The number of hydrogen-bond donors (Lipinski definition) is 6. The van der Waals surface area contributed by atoms with Crippen molar-refractivity contribution in [1.29, 1.82) is 0 Å². The molecule has 7 unspecified atom stereocenters. The number of phosphoric acid groups is 1. The van der Waals surface area contributed by atoms with E-state index in [1.54, 1.807) is 0 Å². The van der Waals surface area contributed by atoms with Crippen LogP contribution in [0.2, 0.25) is 0 Å². The van der Waals surface area contributed by atoms with E-state index in [0.29, 0.717) is 19.3 Å². The monoisotopic (exact) mass is 933 g/mol. The Balaban J connectivity index is 2.50. The summed E-state index contributed by atoms with van der Waals surface area (Å²) < 4.78 is 33.4. The fourth-order valence-corrected chi connectivity index (χ4v) is 7.30. The molecule has 14 heteroatoms. The number of aliphatic hydroxyl groups excluding tert-OH is 5. The van der Waals surface area contributed by atoms with Gasteiger partial charge in [0.15, 0.2) is 6.10 Å². The second-order valence-electron chi connectivity index (χ2n) is 15.9. The van der Waals surface area contributed by atoms with Gasteiger partial charge in [0.1, 0.15) is 43.2 Å². The smallest absolute Gasteiger partial charge is 0.462 e. The molecule has 8 atom stereocenters. The van der Waals surface area contributed by atoms with Crippen LogP contribution in [0.1, 0.15) is 142 Å². The average Bonchev–Trinajstić information content (AvgIpc) is 3.29. The second kappa shape index (κ2) is 39.7. The van der Waals surface area contributed by atoms with Crippen molar-refractivity contribution in [3.8, 4) is 0 Å². The molecule has 6 N–H and O–H groups in total. The summed E-state index contributed by atoms with van der Waals surface area (Å²) in [4.78, 5) is 35.6. The molecule has 0 aromatic carbocycles. The standard InChI is InChI=1S/C51H81O13P/c1-3-5-7-9-11-13-15-17-18-19-20-21-22-23-24-25-26-28-29-31-33-35-37-39-44(52)61-41-43(42-62-65(59,60)64-51-49(57)47(55)46(54)48(56)50(51)58)63-45(53)40-38-36-34-32-30-27-16-14-12-10-8-6-4-2/h5,7,11,13,17-18,20-21,23-24,26-28,30-31,33-34,36,43,46-51,54-58H,3-4,6,8-10,12,14-16,19,22,25,29,32,35,37-42H2,1-2H3,(H,59,60)/b7-5+,13-11+,18-17+,21-20+,24-23+,28-26+,30-27+,33-31+,36-34+/t43?,46?,47-,48?,49?,50?,51?/m0/s1. The van der Waals surface area contributed by atoms with Crippen LogP contribution in [0.15, 0.2) is 109 Å². The zero-order chi connectivity index (χ0) is 47.8. The molecular weight excluding hydrogens is 852 g/mol. The van der Waals surface area contributed by atoms with Crippen molar-refractivity contribution in [3.05, 3.63) is 109 Å². The molecule has 1 aliphatic carbocycles. The van der Waals surface area contributed by atoms with Crippen LogP contribution in [0.25, 0.3) is 0 Å². The highest BCUT2D eigenvalue weighted by Crippen LogP contribution is 2.47. The third kappa shape index (κ3) is 32.0. The van der Waals surface area contributed by atoms with E-state index in [4.69, 9.17) is 18.5 Å². The summed E-state index contributed by atoms with van der Waals surface area (Å²) in [6.45, 7) is 3.06. The predicted molar refractivity (Wildman–Crippen MR) is 257 cm³/mol. The first-order valence-electron chi connectivity index (χ1n) is 23.7. The van der Waals surface area contributed by atoms with Gasteiger partial charge in [-0.05, 0) is 83.5 Å². The molecule has 0 amide bonds. The van der Waals surface area contributed by atoms with Crippen molar-refractivity contribution in [3.63, 3.8) is 0 Å². The molecule has 0 aromatic rings. The lowest BCUT2D eigenvalue weighted by molar-refractivity contribution is -0.220. The van der Waals surface area contributed by atoms with Crippen molar-refractivity contribution in [2.75, 3.05) is 13.2 Å². The van der Waals surface area contributed by atoms with E-state index in [9.17, 15) is 44.6 Å². The number of esters is 2. The number of phosphoric ester groups is 1. The van der Waals surface area contributed by atoms with E-state index in [2.05, 4.69) is 98.9 Å². The van der Waals surface area contributed by atoms with E-state index in [-0.39, 0.29) is 12.8 Å². The molecule has 1 saturated carbocycles. The maximum absolute atomic E-state index is 12.8. The predicted octanol–water partition coefficient (Wildman–Crippen LogP) is 9.61. The van der Waals surface area contributed by atoms with Crippen LogP contribution in [-0.2, 0) is 32.7 Å². The van der Waals surface area contributed by atoms with E-state index >= 15 is 0 Å². The lowest BCUT2D eigenvalue weighted by Crippen LogP contribution is -2.64. The molecule has 0 aliphatic heterocycles. The molecule has 368 valence electrons. The van der Waals surface area contributed by atoms with Gasteiger partial charge in [0.2, 0.25) is 0 Å². The lowest BCUT2D eigenvalue weighted by Gasteiger charge is -2.41. The molecule has 0 saturated heterocycles. The van der Waals surface area contributed by atoms with Crippen molar-refractivity contribution >= 4 is 19.8 Å². The number of unbranched alkanes of at least 4 members (excludes halogenated alkanes) is 7. The van der Waals surface area contributed by atoms with Crippen molar-refractivity contribution in [2.45, 2.75) is 185 Å². The molecule has 65 heavy (non-hydrogen) atoms. The van der Waals surface area contributed by atoms with Gasteiger partial charge in [-0.25, -0.2) is 4.57 Å². The SMILES string of the molecule is CC/C=C/C/C=C/C/C=C/C/C=C/C/C=C/C/C=C/C/C=C/CCCC(=O)OCC(COP(=O)(O)OC1C(O)C(O)C(O)[C@H](O)C1O)OC(=O)CC/C=C/C/C=C/CCCCCCCC. The Hall–Kier alpha value is -3.49. The van der Waals surface area contributed by atoms with Crippen LogP contribution < -0.4 is 0 Å². The first-order valence-corrected chi connectivity index (χ1v) is 25.2. The van der Waals surface area contributed by atoms with E-state index in [0.717, 1.165) is 57.8 Å². The third-order valence-electron chi connectivity index (χ3n) is 10.1. The van der Waals surface area contributed by atoms with Crippen LogP contribution in [0.5, 0.6) is 0 Å². The van der Waals surface area contributed by atoms with Gasteiger partial charge in [0, 0.05) is 12.8 Å². The number of ether oxygens (including phenoxy) is 2. The number of aliphatic hydroxyl groups is 5. The number of allylic oxidation sites excluding steroid dienone is 18. The molecule has 0 bridgehead atoms. The van der Waals surface area contributed by atoms with E-state index in [1.165, 1.54) is 38.5 Å². The summed E-state index contributed by atoms with van der Waals surface area (Å²) in [6, 6.07) is 0. The fraction of sp³-hybridized carbons (Fsp3) is 0.608. The summed E-state index contributed by atoms with van der Waals surface area (Å²) in [5.74, 6) is -1.26. The quantitative estimate of drug-likeness (QED) is 0.0149. The zero-order valence-electron chi connectivity index (χ0n) is 39.0. The molecule has 13 nitrogen and oxygen atoms in total. The van der Waals surface area contributed by atoms with Crippen molar-refractivity contribution in [2.24, 2.45) is 0 Å². The average molecular weight is 933 g/mol. The zero-order valence-corrected chi connectivity index (χ0v) is 39.9. The molecule has 0 spiro atoms. The number of carbonyl (C=O) groups excluding carboxylic acids is 2. The molecule has 0 heterocycles. The Morgan fingerprint density at radius 1 is 0.492 bits per heavy atom. The first kappa shape index (κ1) is 59.5. The Morgan fingerprint density at radius 3 is 1.40 bits per heavy atom. The lowest BCUT2D eigenvalue weighted by atomic mass is 9.85. The number of carbonyl (C=O) groups is 2. The minimum atomic E-state index is -5.15. The van der Waals surface area contributed by atoms with Crippen LogP contribution in [0.3, 0.4) is 0 Å². The molecule has 1 aliphatic rings. The number of rotatable bonds is 37. The van der Waals surface area contributed by atoms with Crippen LogP contribution in [0.4, 0.5) is 0 Å². The van der Waals surface area contributed by atoms with Crippen molar-refractivity contribution < 1.29 is 63.1 Å². The van der Waals surface area contributed by atoms with Gasteiger partial charge in [-0.15, -0.1) is 0 Å². The topological polar surface area (TPSA) is 210 Å². The Bertz CT molecular complexity index is 1550. The van der Waals surface area contributed by atoms with Crippen LogP contribution in [0, 0.1) is 0 Å². The van der Waals surface area contributed by atoms with Crippen molar-refractivity contribution in [1.82, 2.24) is 0 Å². The molecule has 0 aromatic heterocycles. The van der Waals surface area contributed by atoms with Gasteiger partial charge in [0.05, 0.1) is 6.61 Å². The van der Waals surface area contributed by atoms with Gasteiger partial charge in [0.25, 0.3) is 0 Å². The Morgan fingerprint density at radius 2 is 0.908 bits per heavy atom. The highest BCUT2D eigenvalue weighted by molar-refractivity contribution is 7.47. The normalized spacial score (nSPS) is 22.4. The summed E-state index contributed by atoms with van der Waals surface area (Å²) in [7, 11) is -5.15. The summed E-state index contributed by atoms with van der Waals surface area (Å²) >= 11 is 0. The number of hydrogen-bond acceptors (Lipinski definition) is 12. The molecule has 0 radical (unpaired) electrons. The van der Waals surface area contributed by atoms with Gasteiger partial charge in [-0.3, -0.25) is 18.6 Å². The van der Waals surface area contributed by atoms with Gasteiger partial charge >= 0.3 is 19.8 Å². The summed E-state index contributed by atoms with van der Waals surface area (Å²) in [6.07, 6.45) is 41.7. The highest BCUT2D eigenvalue weighted by Gasteiger charge is 2.51. The van der Waals surface area contributed by atoms with E-state index < -0.39 is 75.7 Å². The second-order valence-corrected chi connectivity index (χ2v) is 17.3. The molecular formula is C51H81O13P. The summed E-state index contributed by atoms with van der Waals surface area (Å²) in [5.41, 5.74) is 0. The van der Waals surface area contributed by atoms with E-state index in [1.807, 2.05) is 24.3 Å². The van der Waals surface area contributed by atoms with Crippen LogP contribution >= 0.6 is 7.82 Å². The maximum Gasteiger partial charge on any atom is 0.472 e. The summed E-state index contributed by atoms with van der Waals surface area (Å²) in [5, 5.41) is 50.1. The van der Waals surface area contributed by atoms with Gasteiger partial charge in [-0.2, -0.15) is 0 Å². The largest absolute Gasteiger partial charge is 0.472 e. The third-order valence-corrected chi connectivity index (χ3v) is 11.1. The van der Waals surface area contributed by atoms with Gasteiger partial charge < -0.3 is 39.9 Å². The Labute approximate surface area is 389 Å².